The lowest BCUT2D eigenvalue weighted by Gasteiger charge is -2.21. The van der Waals surface area contributed by atoms with Crippen molar-refractivity contribution in [3.05, 3.63) is 52.3 Å². The molecule has 3 aromatic heterocycles. The van der Waals surface area contributed by atoms with Gasteiger partial charge >= 0.3 is 0 Å². The van der Waals surface area contributed by atoms with Gasteiger partial charge in [-0.1, -0.05) is 18.2 Å². The molecular formula is C23H25N7O2S2. The normalized spacial score (nSPS) is 22.2. The Bertz CT molecular complexity index is 1260. The van der Waals surface area contributed by atoms with Crippen LogP contribution in [0.3, 0.4) is 0 Å². The van der Waals surface area contributed by atoms with Crippen LogP contribution in [0.1, 0.15) is 17.0 Å². The van der Waals surface area contributed by atoms with Crippen molar-refractivity contribution in [3.63, 3.8) is 0 Å². The Morgan fingerprint density at radius 1 is 1.12 bits per heavy atom. The predicted molar refractivity (Wildman–Crippen MR) is 135 cm³/mol. The van der Waals surface area contributed by atoms with Crippen molar-refractivity contribution in [1.82, 2.24) is 15.0 Å². The highest BCUT2D eigenvalue weighted by Gasteiger charge is 2.42. The Kier molecular flexibility index (Phi) is 6.50. The zero-order valence-electron chi connectivity index (χ0n) is 18.5. The number of nitrogens with zero attached hydrogens (tertiary/aromatic N) is 4. The smallest absolute Gasteiger partial charge is 0.225 e. The summed E-state index contributed by atoms with van der Waals surface area (Å²) in [6, 6.07) is 11.6. The van der Waals surface area contributed by atoms with Gasteiger partial charge in [0.15, 0.2) is 0 Å². The molecule has 4 aromatic rings. The van der Waals surface area contributed by atoms with Crippen LogP contribution in [-0.4, -0.2) is 50.0 Å². The van der Waals surface area contributed by atoms with Gasteiger partial charge in [-0.15, -0.1) is 22.7 Å². The number of aromatic nitrogens is 3. The van der Waals surface area contributed by atoms with E-state index in [-0.39, 0.29) is 12.5 Å². The van der Waals surface area contributed by atoms with E-state index in [4.69, 9.17) is 20.5 Å². The fraction of sp³-hybridized carbons (Fsp3) is 0.348. The number of anilines is 2. The molecule has 1 aliphatic carbocycles. The average molecular weight is 496 g/mol. The van der Waals surface area contributed by atoms with Crippen LogP contribution in [0.5, 0.6) is 0 Å². The fourth-order valence-corrected chi connectivity index (χ4v) is 6.02. The summed E-state index contributed by atoms with van der Waals surface area (Å²) in [5, 5.41) is 34.0. The van der Waals surface area contributed by atoms with Crippen LogP contribution in [0.15, 0.2) is 46.9 Å². The second kappa shape index (κ2) is 9.71. The van der Waals surface area contributed by atoms with E-state index in [0.29, 0.717) is 24.7 Å². The number of aliphatic hydroxyl groups excluding tert-OH is 2. The van der Waals surface area contributed by atoms with Gasteiger partial charge in [0.05, 0.1) is 46.7 Å². The number of thiophene rings is 1. The highest BCUT2D eigenvalue weighted by atomic mass is 32.1. The van der Waals surface area contributed by atoms with E-state index in [2.05, 4.69) is 15.7 Å². The molecule has 0 aliphatic heterocycles. The van der Waals surface area contributed by atoms with E-state index >= 15 is 0 Å². The number of fused-ring (bicyclic) bond motifs is 1. The summed E-state index contributed by atoms with van der Waals surface area (Å²) in [4.78, 5) is 15.4. The van der Waals surface area contributed by atoms with E-state index in [1.165, 1.54) is 4.88 Å². The molecule has 0 amide bonds. The molecule has 1 saturated carbocycles. The van der Waals surface area contributed by atoms with Crippen molar-refractivity contribution in [2.75, 3.05) is 17.2 Å². The van der Waals surface area contributed by atoms with Gasteiger partial charge in [-0.3, -0.25) is 0 Å². The van der Waals surface area contributed by atoms with Crippen LogP contribution >= 0.6 is 22.7 Å². The third kappa shape index (κ3) is 4.51. The van der Waals surface area contributed by atoms with Crippen molar-refractivity contribution in [2.24, 2.45) is 11.0 Å². The maximum Gasteiger partial charge on any atom is 0.225 e. The number of nitrogens with one attached hydrogen (secondary N) is 3. The molecule has 11 heteroatoms. The van der Waals surface area contributed by atoms with Crippen molar-refractivity contribution in [2.45, 2.75) is 38.1 Å². The van der Waals surface area contributed by atoms with Gasteiger partial charge in [0.1, 0.15) is 16.9 Å². The first kappa shape index (κ1) is 22.8. The minimum Gasteiger partial charge on any atom is -0.390 e. The quantitative estimate of drug-likeness (QED) is 0.230. The predicted octanol–water partition coefficient (Wildman–Crippen LogP) is 4.29. The zero-order chi connectivity index (χ0) is 23.7. The van der Waals surface area contributed by atoms with E-state index in [9.17, 15) is 10.2 Å². The molecule has 9 nitrogen and oxygen atoms in total. The summed E-state index contributed by atoms with van der Waals surface area (Å²) >= 11 is 3.22. The molecule has 34 heavy (non-hydrogen) atoms. The summed E-state index contributed by atoms with van der Waals surface area (Å²) in [6.45, 7) is 2.71. The molecule has 1 aliphatic rings. The second-order valence-corrected chi connectivity index (χ2v) is 10.4. The van der Waals surface area contributed by atoms with Gasteiger partial charge in [0, 0.05) is 10.8 Å². The highest BCUT2D eigenvalue weighted by Crippen LogP contribution is 2.38. The first-order valence-corrected chi connectivity index (χ1v) is 12.7. The van der Waals surface area contributed by atoms with Crippen molar-refractivity contribution < 1.29 is 10.2 Å². The molecule has 5 N–H and O–H groups in total. The molecule has 0 bridgehead atoms. The maximum absolute atomic E-state index is 10.7. The number of hydrogen-bond acceptors (Lipinski definition) is 11. The summed E-state index contributed by atoms with van der Waals surface area (Å²) in [5.74, 6) is 0.749. The molecule has 176 valence electrons. The standard InChI is InChI=1S/C23H25N7O2S2/c1-12-18(22-29-15-6-2-3-7-17(15)34-22)21(28-16-9-13(10-26-24)19(31)20(16)32)30-23(27-12)25-11-14-5-4-8-33-14/h2-8,13,16,19-20,24,31-32H,9-11H2,1H3,(H2,25,27,28,30)/t13-,16-,19-,20+/m1/s1. The number of thiazole rings is 1. The van der Waals surface area contributed by atoms with Gasteiger partial charge in [0.25, 0.3) is 0 Å². The molecule has 3 heterocycles. The Morgan fingerprint density at radius 2 is 1.97 bits per heavy atom. The summed E-state index contributed by atoms with van der Waals surface area (Å²) in [6.07, 6.45) is -1.46. The number of aliphatic hydroxyl groups is 2. The SMILES string of the molecule is Cc1nc(NCc2cccs2)nc(N[C@@H]2C[C@H](CN=N)[C@@H](O)[C@H]2O)c1-c1nc2ccccc2s1. The molecule has 0 spiro atoms. The van der Waals surface area contributed by atoms with Gasteiger partial charge in [-0.05, 0) is 36.9 Å². The van der Waals surface area contributed by atoms with Crippen LogP contribution in [0.25, 0.3) is 20.8 Å². The number of rotatable bonds is 8. The van der Waals surface area contributed by atoms with Crippen LogP contribution in [0.2, 0.25) is 0 Å². The lowest BCUT2D eigenvalue weighted by Crippen LogP contribution is -2.35. The minimum absolute atomic E-state index is 0.178. The van der Waals surface area contributed by atoms with E-state index < -0.39 is 18.2 Å². The van der Waals surface area contributed by atoms with Gasteiger partial charge in [0.2, 0.25) is 5.95 Å². The molecule has 0 radical (unpaired) electrons. The van der Waals surface area contributed by atoms with Gasteiger partial charge in [-0.2, -0.15) is 10.1 Å². The molecular weight excluding hydrogens is 470 g/mol. The molecule has 4 atom stereocenters. The van der Waals surface area contributed by atoms with Gasteiger partial charge < -0.3 is 20.8 Å². The maximum atomic E-state index is 10.7. The average Bonchev–Trinajstić information content (AvgIpc) is 3.55. The van der Waals surface area contributed by atoms with Crippen LogP contribution in [-0.2, 0) is 6.54 Å². The molecule has 1 fully saturated rings. The van der Waals surface area contributed by atoms with Crippen molar-refractivity contribution in [1.29, 1.82) is 5.53 Å². The largest absolute Gasteiger partial charge is 0.390 e. The number of aryl methyl sites for hydroxylation is 1. The van der Waals surface area contributed by atoms with E-state index in [1.54, 1.807) is 22.7 Å². The molecule has 1 aromatic carbocycles. The Hall–Kier alpha value is -2.99. The number of benzene rings is 1. The topological polar surface area (TPSA) is 139 Å². The van der Waals surface area contributed by atoms with E-state index in [1.807, 2.05) is 48.7 Å². The Labute approximate surface area is 204 Å². The Balaban J connectivity index is 1.51. The monoisotopic (exact) mass is 495 g/mol. The number of hydrogen-bond donors (Lipinski definition) is 5. The summed E-state index contributed by atoms with van der Waals surface area (Å²) in [7, 11) is 0. The lowest BCUT2D eigenvalue weighted by molar-refractivity contribution is 0.0189. The minimum atomic E-state index is -0.993. The van der Waals surface area contributed by atoms with Crippen LogP contribution in [0.4, 0.5) is 11.8 Å². The van der Waals surface area contributed by atoms with Crippen molar-refractivity contribution in [3.8, 4) is 10.6 Å². The van der Waals surface area contributed by atoms with Crippen LogP contribution < -0.4 is 10.6 Å². The first-order chi connectivity index (χ1) is 16.5. The number of para-hydroxylation sites is 1. The zero-order valence-corrected chi connectivity index (χ0v) is 20.1. The summed E-state index contributed by atoms with van der Waals surface area (Å²) < 4.78 is 1.07. The third-order valence-electron chi connectivity index (χ3n) is 6.05. The second-order valence-electron chi connectivity index (χ2n) is 8.34. The van der Waals surface area contributed by atoms with Crippen LogP contribution in [0, 0.1) is 18.4 Å². The third-order valence-corrected chi connectivity index (χ3v) is 7.98. The fourth-order valence-electron chi connectivity index (χ4n) is 4.31. The van der Waals surface area contributed by atoms with E-state index in [0.717, 1.165) is 26.5 Å². The molecule has 5 rings (SSSR count). The van der Waals surface area contributed by atoms with Gasteiger partial charge in [-0.25, -0.2) is 15.5 Å². The lowest BCUT2D eigenvalue weighted by atomic mass is 10.1. The Morgan fingerprint density at radius 3 is 2.74 bits per heavy atom. The molecule has 0 unspecified atom stereocenters. The highest BCUT2D eigenvalue weighted by molar-refractivity contribution is 7.21. The first-order valence-electron chi connectivity index (χ1n) is 11.0. The summed E-state index contributed by atoms with van der Waals surface area (Å²) in [5.41, 5.74) is 9.59. The molecule has 0 saturated heterocycles. The van der Waals surface area contributed by atoms with Crippen molar-refractivity contribution >= 4 is 44.7 Å².